The third-order valence-corrected chi connectivity index (χ3v) is 6.19. The summed E-state index contributed by atoms with van der Waals surface area (Å²) >= 11 is 1.42. The standard InChI is InChI=1S/C24H34N4O4S/c1-3-4-14-32-21-8-6-20(7-9-21)23(30)28(11-5-10-27-12-15-31-16-13-27)18-22(29)26-24-25-17-19(2)33-24/h6-9,17H,3-5,10-16,18H2,1-2H3,(H,25,26,29). The van der Waals surface area contributed by atoms with E-state index in [1.54, 1.807) is 23.2 Å². The lowest BCUT2D eigenvalue weighted by Gasteiger charge is -2.28. The van der Waals surface area contributed by atoms with Crippen LogP contribution in [0.15, 0.2) is 30.5 Å². The lowest BCUT2D eigenvalue weighted by molar-refractivity contribution is -0.116. The molecule has 0 atom stereocenters. The van der Waals surface area contributed by atoms with Gasteiger partial charge in [0, 0.05) is 42.8 Å². The van der Waals surface area contributed by atoms with Gasteiger partial charge in [-0.1, -0.05) is 13.3 Å². The second-order valence-electron chi connectivity index (χ2n) is 8.08. The fourth-order valence-corrected chi connectivity index (χ4v) is 4.20. The molecule has 0 radical (unpaired) electrons. The number of nitrogens with zero attached hydrogens (tertiary/aromatic N) is 3. The number of carbonyl (C=O) groups excluding carboxylic acids is 2. The maximum absolute atomic E-state index is 13.2. The van der Waals surface area contributed by atoms with E-state index in [0.29, 0.717) is 23.8 Å². The van der Waals surface area contributed by atoms with Crippen LogP contribution in [0.25, 0.3) is 0 Å². The molecule has 1 N–H and O–H groups in total. The molecular weight excluding hydrogens is 440 g/mol. The van der Waals surface area contributed by atoms with Crippen molar-refractivity contribution in [2.75, 3.05) is 57.9 Å². The molecule has 180 valence electrons. The molecule has 2 amide bonds. The summed E-state index contributed by atoms with van der Waals surface area (Å²) in [5.41, 5.74) is 0.544. The van der Waals surface area contributed by atoms with Crippen molar-refractivity contribution >= 4 is 28.3 Å². The van der Waals surface area contributed by atoms with E-state index in [0.717, 1.165) is 62.7 Å². The first kappa shape index (κ1) is 25.1. The molecule has 33 heavy (non-hydrogen) atoms. The molecule has 2 aromatic rings. The van der Waals surface area contributed by atoms with E-state index < -0.39 is 0 Å². The highest BCUT2D eigenvalue weighted by Crippen LogP contribution is 2.17. The van der Waals surface area contributed by atoms with Crippen LogP contribution in [0.2, 0.25) is 0 Å². The van der Waals surface area contributed by atoms with Crippen LogP contribution in [0, 0.1) is 6.92 Å². The van der Waals surface area contributed by atoms with Crippen molar-refractivity contribution in [1.82, 2.24) is 14.8 Å². The van der Waals surface area contributed by atoms with Gasteiger partial charge in [-0.2, -0.15) is 0 Å². The van der Waals surface area contributed by atoms with Crippen molar-refractivity contribution in [3.05, 3.63) is 40.9 Å². The summed E-state index contributed by atoms with van der Waals surface area (Å²) in [6.07, 6.45) is 4.56. The van der Waals surface area contributed by atoms with Crippen molar-refractivity contribution in [1.29, 1.82) is 0 Å². The highest BCUT2D eigenvalue weighted by Gasteiger charge is 2.20. The van der Waals surface area contributed by atoms with E-state index in [9.17, 15) is 9.59 Å². The van der Waals surface area contributed by atoms with Crippen molar-refractivity contribution in [2.45, 2.75) is 33.1 Å². The summed E-state index contributed by atoms with van der Waals surface area (Å²) in [5.74, 6) is 0.335. The number of aromatic nitrogens is 1. The van der Waals surface area contributed by atoms with Crippen LogP contribution in [-0.2, 0) is 9.53 Å². The highest BCUT2D eigenvalue weighted by atomic mass is 32.1. The number of amides is 2. The van der Waals surface area contributed by atoms with Crippen LogP contribution >= 0.6 is 11.3 Å². The number of ether oxygens (including phenoxy) is 2. The molecule has 0 unspecified atom stereocenters. The Bertz CT molecular complexity index is 881. The molecule has 1 aromatic carbocycles. The maximum atomic E-state index is 13.2. The zero-order valence-corrected chi connectivity index (χ0v) is 20.4. The van der Waals surface area contributed by atoms with Gasteiger partial charge in [-0.25, -0.2) is 4.98 Å². The normalized spacial score (nSPS) is 14.1. The predicted octanol–water partition coefficient (Wildman–Crippen LogP) is 3.43. The molecule has 1 aliphatic heterocycles. The molecule has 3 rings (SSSR count). The zero-order valence-electron chi connectivity index (χ0n) is 19.5. The van der Waals surface area contributed by atoms with Crippen LogP contribution in [0.4, 0.5) is 5.13 Å². The Kier molecular flexibility index (Phi) is 10.1. The topological polar surface area (TPSA) is 84.0 Å². The number of rotatable bonds is 12. The number of unbranched alkanes of at least 4 members (excludes halogenated alkanes) is 1. The quantitative estimate of drug-likeness (QED) is 0.475. The number of thiazole rings is 1. The van der Waals surface area contributed by atoms with E-state index in [4.69, 9.17) is 9.47 Å². The largest absolute Gasteiger partial charge is 0.494 e. The number of anilines is 1. The van der Waals surface area contributed by atoms with Gasteiger partial charge in [0.25, 0.3) is 5.91 Å². The molecule has 1 saturated heterocycles. The minimum Gasteiger partial charge on any atom is -0.494 e. The van der Waals surface area contributed by atoms with Gasteiger partial charge in [0.15, 0.2) is 5.13 Å². The van der Waals surface area contributed by atoms with E-state index >= 15 is 0 Å². The summed E-state index contributed by atoms with van der Waals surface area (Å²) < 4.78 is 11.1. The number of morpholine rings is 1. The smallest absolute Gasteiger partial charge is 0.254 e. The third kappa shape index (κ3) is 8.42. The molecule has 1 aliphatic rings. The molecule has 8 nitrogen and oxygen atoms in total. The molecule has 0 aliphatic carbocycles. The van der Waals surface area contributed by atoms with Gasteiger partial charge in [-0.15, -0.1) is 11.3 Å². The molecule has 0 spiro atoms. The second-order valence-corrected chi connectivity index (χ2v) is 9.32. The zero-order chi connectivity index (χ0) is 23.5. The monoisotopic (exact) mass is 474 g/mol. The number of nitrogens with one attached hydrogen (secondary N) is 1. The highest BCUT2D eigenvalue weighted by molar-refractivity contribution is 7.15. The molecule has 1 fully saturated rings. The van der Waals surface area contributed by atoms with Crippen molar-refractivity contribution in [2.24, 2.45) is 0 Å². The Morgan fingerprint density at radius 1 is 1.21 bits per heavy atom. The van der Waals surface area contributed by atoms with Gasteiger partial charge >= 0.3 is 0 Å². The Morgan fingerprint density at radius 2 is 1.97 bits per heavy atom. The summed E-state index contributed by atoms with van der Waals surface area (Å²) in [6.45, 7) is 9.34. The second kappa shape index (κ2) is 13.3. The van der Waals surface area contributed by atoms with E-state index in [1.165, 1.54) is 11.3 Å². The fourth-order valence-electron chi connectivity index (χ4n) is 3.52. The van der Waals surface area contributed by atoms with E-state index in [1.807, 2.05) is 19.1 Å². The van der Waals surface area contributed by atoms with Gasteiger partial charge in [0.1, 0.15) is 12.3 Å². The van der Waals surface area contributed by atoms with Crippen LogP contribution < -0.4 is 10.1 Å². The minimum absolute atomic E-state index is 0.0185. The van der Waals surface area contributed by atoms with Gasteiger partial charge < -0.3 is 19.7 Å². The van der Waals surface area contributed by atoms with Crippen LogP contribution in [0.5, 0.6) is 5.75 Å². The lowest BCUT2D eigenvalue weighted by atomic mass is 10.1. The first-order valence-corrected chi connectivity index (χ1v) is 12.4. The summed E-state index contributed by atoms with van der Waals surface area (Å²) in [5, 5.41) is 3.35. The molecule has 0 saturated carbocycles. The molecule has 2 heterocycles. The molecule has 1 aromatic heterocycles. The van der Waals surface area contributed by atoms with Gasteiger partial charge in [0.05, 0.1) is 19.8 Å². The fraction of sp³-hybridized carbons (Fsp3) is 0.542. The number of hydrogen-bond acceptors (Lipinski definition) is 7. The summed E-state index contributed by atoms with van der Waals surface area (Å²) in [6, 6.07) is 7.15. The first-order valence-electron chi connectivity index (χ1n) is 11.6. The van der Waals surface area contributed by atoms with Crippen LogP contribution in [0.1, 0.15) is 41.4 Å². The van der Waals surface area contributed by atoms with Crippen LogP contribution in [-0.4, -0.2) is 79.1 Å². The Balaban J connectivity index is 1.61. The van der Waals surface area contributed by atoms with Gasteiger partial charge in [-0.3, -0.25) is 14.5 Å². The summed E-state index contributed by atoms with van der Waals surface area (Å²) in [4.78, 5) is 35.0. The average molecular weight is 475 g/mol. The van der Waals surface area contributed by atoms with Crippen molar-refractivity contribution in [3.63, 3.8) is 0 Å². The van der Waals surface area contributed by atoms with Gasteiger partial charge in [0.2, 0.25) is 5.91 Å². The maximum Gasteiger partial charge on any atom is 0.254 e. The number of hydrogen-bond donors (Lipinski definition) is 1. The van der Waals surface area contributed by atoms with Crippen molar-refractivity contribution in [3.8, 4) is 5.75 Å². The number of benzene rings is 1. The molecule has 9 heteroatoms. The van der Waals surface area contributed by atoms with E-state index in [2.05, 4.69) is 22.1 Å². The Labute approximate surface area is 199 Å². The molecule has 0 bridgehead atoms. The van der Waals surface area contributed by atoms with E-state index in [-0.39, 0.29) is 18.4 Å². The van der Waals surface area contributed by atoms with Crippen LogP contribution in [0.3, 0.4) is 0 Å². The average Bonchev–Trinajstić information content (AvgIpc) is 3.23. The molecular formula is C24H34N4O4S. The first-order chi connectivity index (χ1) is 16.0. The predicted molar refractivity (Wildman–Crippen MR) is 130 cm³/mol. The SMILES string of the molecule is CCCCOc1ccc(C(=O)N(CCCN2CCOCC2)CC(=O)Nc2ncc(C)s2)cc1. The Morgan fingerprint density at radius 3 is 2.64 bits per heavy atom. The Hall–Kier alpha value is -2.49. The lowest BCUT2D eigenvalue weighted by Crippen LogP contribution is -2.41. The summed E-state index contributed by atoms with van der Waals surface area (Å²) in [7, 11) is 0. The number of aryl methyl sites for hydroxylation is 1. The minimum atomic E-state index is -0.247. The van der Waals surface area contributed by atoms with Gasteiger partial charge in [-0.05, 0) is 44.0 Å². The number of carbonyl (C=O) groups is 2. The third-order valence-electron chi connectivity index (χ3n) is 5.36. The van der Waals surface area contributed by atoms with Crippen molar-refractivity contribution < 1.29 is 19.1 Å².